The van der Waals surface area contributed by atoms with Crippen molar-refractivity contribution in [3.8, 4) is 0 Å². The molecular weight excluding hydrogens is 300 g/mol. The zero-order chi connectivity index (χ0) is 17.8. The Balaban J connectivity index is 4.43. The van der Waals surface area contributed by atoms with Crippen molar-refractivity contribution in [1.29, 1.82) is 0 Å². The van der Waals surface area contributed by atoms with Crippen molar-refractivity contribution in [3.05, 3.63) is 12.2 Å². The van der Waals surface area contributed by atoms with Crippen LogP contribution in [0.2, 0.25) is 0 Å². The van der Waals surface area contributed by atoms with Crippen LogP contribution < -0.4 is 0 Å². The third-order valence-corrected chi connectivity index (χ3v) is 3.62. The van der Waals surface area contributed by atoms with Gasteiger partial charge < -0.3 is 14.9 Å². The van der Waals surface area contributed by atoms with Crippen LogP contribution >= 0.6 is 0 Å². The van der Waals surface area contributed by atoms with Crippen molar-refractivity contribution in [1.82, 2.24) is 0 Å². The summed E-state index contributed by atoms with van der Waals surface area (Å²) < 4.78 is 5.36. The molecule has 2 N–H and O–H groups in total. The summed E-state index contributed by atoms with van der Waals surface area (Å²) in [6, 6.07) is 0. The van der Waals surface area contributed by atoms with Crippen molar-refractivity contribution in [2.45, 2.75) is 71.3 Å². The molecule has 0 aromatic rings. The van der Waals surface area contributed by atoms with Crippen molar-refractivity contribution in [2.24, 2.45) is 5.92 Å². The number of carboxylic acid groups (broad SMARTS) is 2. The number of esters is 1. The summed E-state index contributed by atoms with van der Waals surface area (Å²) in [5.41, 5.74) is 0.317. The van der Waals surface area contributed by atoms with Crippen LogP contribution in [-0.2, 0) is 19.1 Å². The van der Waals surface area contributed by atoms with Crippen LogP contribution in [0.5, 0.6) is 0 Å². The van der Waals surface area contributed by atoms with Gasteiger partial charge in [-0.2, -0.15) is 0 Å². The second-order valence-electron chi connectivity index (χ2n) is 5.82. The van der Waals surface area contributed by atoms with Crippen LogP contribution in [0, 0.1) is 5.92 Å². The van der Waals surface area contributed by atoms with E-state index in [4.69, 9.17) is 14.9 Å². The van der Waals surface area contributed by atoms with Gasteiger partial charge in [0.2, 0.25) is 0 Å². The Morgan fingerprint density at radius 3 is 2.00 bits per heavy atom. The van der Waals surface area contributed by atoms with E-state index in [1.165, 1.54) is 0 Å². The van der Waals surface area contributed by atoms with Crippen LogP contribution in [0.15, 0.2) is 12.2 Å². The number of carbonyl (C=O) groups excluding carboxylic acids is 1. The molecule has 6 heteroatoms. The van der Waals surface area contributed by atoms with Gasteiger partial charge in [-0.05, 0) is 39.0 Å². The first-order chi connectivity index (χ1) is 10.8. The molecule has 0 heterocycles. The molecule has 23 heavy (non-hydrogen) atoms. The number of hydrogen-bond donors (Lipinski definition) is 2. The van der Waals surface area contributed by atoms with E-state index in [-0.39, 0.29) is 12.5 Å². The second-order valence-corrected chi connectivity index (χ2v) is 5.82. The Morgan fingerprint density at radius 1 is 0.957 bits per heavy atom. The van der Waals surface area contributed by atoms with Gasteiger partial charge in [-0.1, -0.05) is 32.8 Å². The molecule has 0 saturated carbocycles. The van der Waals surface area contributed by atoms with Crippen molar-refractivity contribution < 1.29 is 29.3 Å². The minimum Gasteiger partial charge on any atom is -0.481 e. The van der Waals surface area contributed by atoms with E-state index in [1.807, 2.05) is 0 Å². The fourth-order valence-electron chi connectivity index (χ4n) is 2.22. The lowest BCUT2D eigenvalue weighted by Gasteiger charge is -2.18. The molecule has 0 aromatic heterocycles. The monoisotopic (exact) mass is 328 g/mol. The Kier molecular flexibility index (Phi) is 10.7. The Hall–Kier alpha value is -1.85. The van der Waals surface area contributed by atoms with Crippen LogP contribution in [0.4, 0.5) is 0 Å². The van der Waals surface area contributed by atoms with Gasteiger partial charge in [0, 0.05) is 5.57 Å². The maximum absolute atomic E-state index is 11.6. The minimum atomic E-state index is -1.41. The quantitative estimate of drug-likeness (QED) is 0.232. The average Bonchev–Trinajstić information content (AvgIpc) is 2.46. The van der Waals surface area contributed by atoms with E-state index in [9.17, 15) is 14.4 Å². The van der Waals surface area contributed by atoms with Crippen molar-refractivity contribution in [3.63, 3.8) is 0 Å². The number of carbonyl (C=O) groups is 3. The lowest BCUT2D eigenvalue weighted by atomic mass is 9.98. The zero-order valence-corrected chi connectivity index (χ0v) is 14.0. The van der Waals surface area contributed by atoms with Gasteiger partial charge in [0.25, 0.3) is 0 Å². The molecule has 0 saturated heterocycles. The zero-order valence-electron chi connectivity index (χ0n) is 14.0. The van der Waals surface area contributed by atoms with Gasteiger partial charge in [-0.3, -0.25) is 9.59 Å². The van der Waals surface area contributed by atoms with Gasteiger partial charge in [-0.25, -0.2) is 4.79 Å². The minimum absolute atomic E-state index is 0.0285. The van der Waals surface area contributed by atoms with Gasteiger partial charge >= 0.3 is 17.9 Å². The number of unbranched alkanes of at least 4 members (excludes halogenated alkanes) is 3. The SMILES string of the molecule is C=C(C)C(=O)OC(CCCCCC)CCCC(C(=O)O)C(=O)O. The number of rotatable bonds is 13. The van der Waals surface area contributed by atoms with Crippen LogP contribution in [0.25, 0.3) is 0 Å². The Morgan fingerprint density at radius 2 is 1.52 bits per heavy atom. The molecule has 0 amide bonds. The fourth-order valence-corrected chi connectivity index (χ4v) is 2.22. The summed E-state index contributed by atoms with van der Waals surface area (Å²) in [5, 5.41) is 17.7. The van der Waals surface area contributed by atoms with E-state index in [1.54, 1.807) is 6.92 Å². The molecule has 0 rings (SSSR count). The molecule has 1 unspecified atom stereocenters. The van der Waals surface area contributed by atoms with Gasteiger partial charge in [0.1, 0.15) is 6.10 Å². The normalized spacial score (nSPS) is 12.0. The van der Waals surface area contributed by atoms with E-state index < -0.39 is 23.8 Å². The van der Waals surface area contributed by atoms with Crippen LogP contribution in [-0.4, -0.2) is 34.2 Å². The van der Waals surface area contributed by atoms with Crippen molar-refractivity contribution in [2.75, 3.05) is 0 Å². The number of ether oxygens (including phenoxy) is 1. The Labute approximate surface area is 137 Å². The van der Waals surface area contributed by atoms with E-state index >= 15 is 0 Å². The number of aliphatic carboxylic acids is 2. The van der Waals surface area contributed by atoms with Crippen LogP contribution in [0.1, 0.15) is 65.2 Å². The summed E-state index contributed by atoms with van der Waals surface area (Å²) in [7, 11) is 0. The maximum atomic E-state index is 11.6. The van der Waals surface area contributed by atoms with Gasteiger partial charge in [-0.15, -0.1) is 0 Å². The molecule has 0 bridgehead atoms. The molecule has 0 aromatic carbocycles. The first-order valence-electron chi connectivity index (χ1n) is 8.11. The number of hydrogen-bond acceptors (Lipinski definition) is 4. The summed E-state index contributed by atoms with van der Waals surface area (Å²) in [4.78, 5) is 33.3. The molecular formula is C17H28O6. The summed E-state index contributed by atoms with van der Waals surface area (Å²) >= 11 is 0. The highest BCUT2D eigenvalue weighted by Crippen LogP contribution is 2.18. The molecule has 132 valence electrons. The lowest BCUT2D eigenvalue weighted by Crippen LogP contribution is -2.24. The predicted octanol–water partition coefficient (Wildman–Crippen LogP) is 3.40. The summed E-state index contributed by atoms with van der Waals surface area (Å²) in [6.07, 6.45) is 5.43. The molecule has 0 aliphatic rings. The summed E-state index contributed by atoms with van der Waals surface area (Å²) in [5.74, 6) is -4.54. The van der Waals surface area contributed by atoms with Gasteiger partial charge in [0.05, 0.1) is 0 Å². The largest absolute Gasteiger partial charge is 0.481 e. The molecule has 1 atom stereocenters. The molecule has 0 aliphatic heterocycles. The van der Waals surface area contributed by atoms with E-state index in [0.29, 0.717) is 24.8 Å². The average molecular weight is 328 g/mol. The molecule has 0 spiro atoms. The predicted molar refractivity (Wildman–Crippen MR) is 86.1 cm³/mol. The third-order valence-electron chi connectivity index (χ3n) is 3.62. The fraction of sp³-hybridized carbons (Fsp3) is 0.706. The highest BCUT2D eigenvalue weighted by Gasteiger charge is 2.26. The Bertz CT molecular complexity index is 401. The highest BCUT2D eigenvalue weighted by molar-refractivity contribution is 5.92. The smallest absolute Gasteiger partial charge is 0.333 e. The van der Waals surface area contributed by atoms with Crippen LogP contribution in [0.3, 0.4) is 0 Å². The van der Waals surface area contributed by atoms with E-state index in [2.05, 4.69) is 13.5 Å². The standard InChI is InChI=1S/C17H28O6/c1-4-5-6-7-9-13(23-17(22)12(2)3)10-8-11-14(15(18)19)16(20)21/h13-14H,2,4-11H2,1,3H3,(H,18,19)(H,20,21). The van der Waals surface area contributed by atoms with Crippen molar-refractivity contribution >= 4 is 17.9 Å². The maximum Gasteiger partial charge on any atom is 0.333 e. The lowest BCUT2D eigenvalue weighted by molar-refractivity contribution is -0.155. The first-order valence-corrected chi connectivity index (χ1v) is 8.11. The second kappa shape index (κ2) is 11.7. The molecule has 0 radical (unpaired) electrons. The third kappa shape index (κ3) is 9.71. The highest BCUT2D eigenvalue weighted by atomic mass is 16.5. The number of carboxylic acids is 2. The molecule has 6 nitrogen and oxygen atoms in total. The molecule has 0 fully saturated rings. The van der Waals surface area contributed by atoms with Gasteiger partial charge in [0.15, 0.2) is 5.92 Å². The first kappa shape index (κ1) is 21.1. The van der Waals surface area contributed by atoms with E-state index in [0.717, 1.165) is 25.7 Å². The topological polar surface area (TPSA) is 101 Å². The summed E-state index contributed by atoms with van der Waals surface area (Å²) in [6.45, 7) is 7.22. The molecule has 0 aliphatic carbocycles.